The molecule has 1 aliphatic carbocycles. The van der Waals surface area contributed by atoms with Crippen LogP contribution in [-0.4, -0.2) is 17.3 Å². The summed E-state index contributed by atoms with van der Waals surface area (Å²) < 4.78 is 0. The molecule has 98 valence electrons. The third kappa shape index (κ3) is 3.35. The minimum Gasteiger partial charge on any atom is -0.355 e. The summed E-state index contributed by atoms with van der Waals surface area (Å²) in [6, 6.07) is 9.94. The van der Waals surface area contributed by atoms with Crippen LogP contribution in [0.25, 0.3) is 0 Å². The first kappa shape index (κ1) is 13.6. The predicted octanol–water partition coefficient (Wildman–Crippen LogP) is 3.47. The zero-order chi connectivity index (χ0) is 13.0. The molecule has 1 N–H and O–H groups in total. The molecule has 0 heterocycles. The van der Waals surface area contributed by atoms with Crippen molar-refractivity contribution in [1.82, 2.24) is 5.32 Å². The summed E-state index contributed by atoms with van der Waals surface area (Å²) in [7, 11) is 0. The number of halogens is 1. The van der Waals surface area contributed by atoms with Gasteiger partial charge in [0.2, 0.25) is 5.91 Å². The van der Waals surface area contributed by atoms with Gasteiger partial charge in [-0.1, -0.05) is 52.7 Å². The second-order valence-electron chi connectivity index (χ2n) is 5.08. The van der Waals surface area contributed by atoms with Gasteiger partial charge >= 0.3 is 0 Å². The highest BCUT2D eigenvalue weighted by atomic mass is 79.9. The Kier molecular flexibility index (Phi) is 4.81. The molecule has 2 nitrogen and oxygen atoms in total. The molecular formula is C15H20BrNO. The molecule has 1 fully saturated rings. The molecule has 1 aliphatic rings. The van der Waals surface area contributed by atoms with E-state index in [2.05, 4.69) is 21.2 Å². The monoisotopic (exact) mass is 309 g/mol. The third-order valence-corrected chi connectivity index (χ3v) is 5.00. The van der Waals surface area contributed by atoms with Crippen LogP contribution in [0.2, 0.25) is 0 Å². The number of benzene rings is 1. The smallest absolute Gasteiger partial charge is 0.227 e. The fourth-order valence-electron chi connectivity index (χ4n) is 2.50. The van der Waals surface area contributed by atoms with Gasteiger partial charge < -0.3 is 5.32 Å². The first-order valence-electron chi connectivity index (χ1n) is 6.65. The van der Waals surface area contributed by atoms with Crippen molar-refractivity contribution in [2.24, 2.45) is 5.92 Å². The molecule has 3 atom stereocenters. The zero-order valence-corrected chi connectivity index (χ0v) is 12.3. The molecule has 0 saturated heterocycles. The minimum atomic E-state index is -0.0682. The van der Waals surface area contributed by atoms with Gasteiger partial charge in [-0.15, -0.1) is 0 Å². The lowest BCUT2D eigenvalue weighted by atomic mass is 10.00. The minimum absolute atomic E-state index is 0.0682. The van der Waals surface area contributed by atoms with Crippen molar-refractivity contribution in [3.05, 3.63) is 35.9 Å². The van der Waals surface area contributed by atoms with Crippen molar-refractivity contribution in [2.45, 2.75) is 36.9 Å². The highest BCUT2D eigenvalue weighted by molar-refractivity contribution is 9.09. The lowest BCUT2D eigenvalue weighted by molar-refractivity contribution is -0.122. The normalized spacial score (nSPS) is 24.8. The maximum Gasteiger partial charge on any atom is 0.227 e. The first-order chi connectivity index (χ1) is 8.68. The first-order valence-corrected chi connectivity index (χ1v) is 7.57. The second-order valence-corrected chi connectivity index (χ2v) is 6.26. The molecule has 0 spiro atoms. The van der Waals surface area contributed by atoms with Gasteiger partial charge in [-0.2, -0.15) is 0 Å². The number of hydrogen-bond acceptors (Lipinski definition) is 1. The fourth-order valence-corrected chi connectivity index (χ4v) is 3.27. The van der Waals surface area contributed by atoms with E-state index in [9.17, 15) is 4.79 Å². The second kappa shape index (κ2) is 6.37. The summed E-state index contributed by atoms with van der Waals surface area (Å²) in [4.78, 5) is 12.7. The molecule has 0 aliphatic heterocycles. The Morgan fingerprint density at radius 3 is 2.72 bits per heavy atom. The molecule has 18 heavy (non-hydrogen) atoms. The van der Waals surface area contributed by atoms with E-state index < -0.39 is 0 Å². The van der Waals surface area contributed by atoms with Gasteiger partial charge in [-0.05, 0) is 31.2 Å². The van der Waals surface area contributed by atoms with Gasteiger partial charge in [-0.25, -0.2) is 0 Å². The van der Waals surface area contributed by atoms with Crippen LogP contribution in [0.4, 0.5) is 0 Å². The van der Waals surface area contributed by atoms with E-state index in [0.717, 1.165) is 12.1 Å². The topological polar surface area (TPSA) is 29.1 Å². The van der Waals surface area contributed by atoms with E-state index in [0.29, 0.717) is 10.7 Å². The van der Waals surface area contributed by atoms with Gasteiger partial charge in [0.05, 0.1) is 5.92 Å². The molecule has 3 heteroatoms. The van der Waals surface area contributed by atoms with E-state index in [-0.39, 0.29) is 11.8 Å². The van der Waals surface area contributed by atoms with Gasteiger partial charge in [0.15, 0.2) is 0 Å². The van der Waals surface area contributed by atoms with E-state index in [1.807, 2.05) is 37.3 Å². The van der Waals surface area contributed by atoms with E-state index in [4.69, 9.17) is 0 Å². The molecule has 1 amide bonds. The fraction of sp³-hybridized carbons (Fsp3) is 0.533. The van der Waals surface area contributed by atoms with Crippen molar-refractivity contribution in [2.75, 3.05) is 6.54 Å². The highest BCUT2D eigenvalue weighted by Crippen LogP contribution is 2.31. The van der Waals surface area contributed by atoms with E-state index in [1.165, 1.54) is 19.3 Å². The van der Waals surface area contributed by atoms with Crippen LogP contribution >= 0.6 is 15.9 Å². The summed E-state index contributed by atoms with van der Waals surface area (Å²) in [6.07, 6.45) is 3.72. The Morgan fingerprint density at radius 2 is 2.11 bits per heavy atom. The van der Waals surface area contributed by atoms with Crippen LogP contribution in [0.15, 0.2) is 30.3 Å². The van der Waals surface area contributed by atoms with Gasteiger partial charge in [-0.3, -0.25) is 4.79 Å². The number of carbonyl (C=O) groups is 1. The van der Waals surface area contributed by atoms with E-state index in [1.54, 1.807) is 0 Å². The maximum atomic E-state index is 12.1. The molecule has 3 unspecified atom stereocenters. The standard InChI is InChI=1S/C15H20BrNO/c1-11(12-6-3-2-4-7-12)15(18)17-10-13-8-5-9-14(13)16/h2-4,6-7,11,13-14H,5,8-10H2,1H3,(H,17,18). The van der Waals surface area contributed by atoms with Crippen molar-refractivity contribution >= 4 is 21.8 Å². The van der Waals surface area contributed by atoms with Crippen molar-refractivity contribution in [3.8, 4) is 0 Å². The van der Waals surface area contributed by atoms with Crippen LogP contribution in [-0.2, 0) is 4.79 Å². The Labute approximate surface area is 117 Å². The van der Waals surface area contributed by atoms with Crippen molar-refractivity contribution < 1.29 is 4.79 Å². The number of carbonyl (C=O) groups excluding carboxylic acids is 1. The average Bonchev–Trinajstić information content (AvgIpc) is 2.81. The zero-order valence-electron chi connectivity index (χ0n) is 10.7. The van der Waals surface area contributed by atoms with Crippen LogP contribution in [0.1, 0.15) is 37.7 Å². The molecule has 2 rings (SSSR count). The summed E-state index contributed by atoms with van der Waals surface area (Å²) in [6.45, 7) is 2.76. The Bertz CT molecular complexity index is 393. The average molecular weight is 310 g/mol. The lowest BCUT2D eigenvalue weighted by Gasteiger charge is -2.17. The maximum absolute atomic E-state index is 12.1. The summed E-state index contributed by atoms with van der Waals surface area (Å²) in [5.74, 6) is 0.658. The summed E-state index contributed by atoms with van der Waals surface area (Å²) in [5.41, 5.74) is 1.08. The SMILES string of the molecule is CC(C(=O)NCC1CCCC1Br)c1ccccc1. The quantitative estimate of drug-likeness (QED) is 0.848. The summed E-state index contributed by atoms with van der Waals surface area (Å²) in [5, 5.41) is 3.08. The highest BCUT2D eigenvalue weighted by Gasteiger charge is 2.25. The predicted molar refractivity (Wildman–Crippen MR) is 77.9 cm³/mol. The molecule has 0 radical (unpaired) electrons. The molecule has 1 aromatic rings. The van der Waals surface area contributed by atoms with Crippen LogP contribution in [0.3, 0.4) is 0 Å². The molecule has 0 aromatic heterocycles. The van der Waals surface area contributed by atoms with E-state index >= 15 is 0 Å². The van der Waals surface area contributed by atoms with Crippen LogP contribution in [0.5, 0.6) is 0 Å². The van der Waals surface area contributed by atoms with Gasteiger partial charge in [0.25, 0.3) is 0 Å². The number of amides is 1. The number of nitrogens with one attached hydrogen (secondary N) is 1. The van der Waals surface area contributed by atoms with Gasteiger partial charge in [0, 0.05) is 11.4 Å². The van der Waals surface area contributed by atoms with Gasteiger partial charge in [0.1, 0.15) is 0 Å². The molecular weight excluding hydrogens is 290 g/mol. The molecule has 1 aromatic carbocycles. The Morgan fingerprint density at radius 1 is 1.39 bits per heavy atom. The number of hydrogen-bond donors (Lipinski definition) is 1. The lowest BCUT2D eigenvalue weighted by Crippen LogP contribution is -2.33. The van der Waals surface area contributed by atoms with Crippen LogP contribution in [0, 0.1) is 5.92 Å². The number of rotatable bonds is 4. The summed E-state index contributed by atoms with van der Waals surface area (Å²) >= 11 is 3.69. The Hall–Kier alpha value is -0.830. The van der Waals surface area contributed by atoms with Crippen LogP contribution < -0.4 is 5.32 Å². The van der Waals surface area contributed by atoms with Crippen molar-refractivity contribution in [3.63, 3.8) is 0 Å². The van der Waals surface area contributed by atoms with Crippen molar-refractivity contribution in [1.29, 1.82) is 0 Å². The Balaban J connectivity index is 1.84. The third-order valence-electron chi connectivity index (χ3n) is 3.80. The number of alkyl halides is 1. The molecule has 0 bridgehead atoms. The largest absolute Gasteiger partial charge is 0.355 e. The molecule has 1 saturated carbocycles.